The van der Waals surface area contributed by atoms with E-state index < -0.39 is 14.2 Å². The number of pyridine rings is 2. The Balaban J connectivity index is 1.62. The maximum absolute atomic E-state index is 11.1. The first-order valence-electron chi connectivity index (χ1n) is 11.0. The van der Waals surface area contributed by atoms with E-state index in [9.17, 15) is 4.79 Å². The molecule has 0 aliphatic carbocycles. The van der Waals surface area contributed by atoms with Crippen molar-refractivity contribution in [2.75, 3.05) is 30.2 Å². The molecule has 11 nitrogen and oxygen atoms in total. The zero-order valence-electron chi connectivity index (χ0n) is 20.3. The number of ether oxygens (including phenoxy) is 1. The van der Waals surface area contributed by atoms with Crippen LogP contribution in [0.3, 0.4) is 0 Å². The molecule has 0 spiro atoms. The maximum Gasteiger partial charge on any atom is 0.432 e. The van der Waals surface area contributed by atoms with Gasteiger partial charge in [0.1, 0.15) is 17.6 Å². The Kier molecular flexibility index (Phi) is 7.09. The number of rotatable bonds is 9. The van der Waals surface area contributed by atoms with E-state index in [2.05, 4.69) is 39.9 Å². The first-order valence-corrected chi connectivity index (χ1v) is 15.6. The number of aromatic nitrogens is 6. The van der Waals surface area contributed by atoms with Gasteiger partial charge in [-0.25, -0.2) is 9.78 Å². The molecular formula is C22H28N8O3SSi. The van der Waals surface area contributed by atoms with Crippen LogP contribution < -0.4 is 9.80 Å². The Morgan fingerprint density at radius 2 is 1.97 bits per heavy atom. The van der Waals surface area contributed by atoms with E-state index in [1.807, 2.05) is 37.1 Å². The molecule has 0 fully saturated rings. The molecule has 4 rings (SSSR count). The normalized spacial score (nSPS) is 11.7. The van der Waals surface area contributed by atoms with Gasteiger partial charge in [0.2, 0.25) is 5.13 Å². The van der Waals surface area contributed by atoms with Gasteiger partial charge in [0.25, 0.3) is 0 Å². The summed E-state index contributed by atoms with van der Waals surface area (Å²) in [6.07, 6.45) is 3.49. The number of carbonyl (C=O) groups is 1. The van der Waals surface area contributed by atoms with Gasteiger partial charge in [0.15, 0.2) is 0 Å². The Labute approximate surface area is 208 Å². The summed E-state index contributed by atoms with van der Waals surface area (Å²) in [5.74, 6) is 0.682. The first-order chi connectivity index (χ1) is 16.6. The summed E-state index contributed by atoms with van der Waals surface area (Å²) in [7, 11) is 0.612. The van der Waals surface area contributed by atoms with Crippen molar-refractivity contribution in [3.63, 3.8) is 0 Å². The van der Waals surface area contributed by atoms with Gasteiger partial charge in [-0.3, -0.25) is 9.88 Å². The number of carboxylic acid groups (broad SMARTS) is 1. The van der Waals surface area contributed by atoms with Crippen LogP contribution in [0.1, 0.15) is 5.01 Å². The van der Waals surface area contributed by atoms with Crippen molar-refractivity contribution in [3.8, 4) is 0 Å². The lowest BCUT2D eigenvalue weighted by atomic mass is 10.2. The van der Waals surface area contributed by atoms with Crippen LogP contribution >= 0.6 is 11.3 Å². The molecule has 0 aliphatic heterocycles. The summed E-state index contributed by atoms with van der Waals surface area (Å²) in [6.45, 7) is 9.87. The van der Waals surface area contributed by atoms with Gasteiger partial charge in [-0.15, -0.1) is 10.2 Å². The molecule has 0 bridgehead atoms. The molecule has 0 aromatic carbocycles. The van der Waals surface area contributed by atoms with Gasteiger partial charge in [0.05, 0.1) is 41.0 Å². The average molecular weight is 513 g/mol. The highest BCUT2D eigenvalue weighted by Crippen LogP contribution is 2.30. The first kappa shape index (κ1) is 24.7. The van der Waals surface area contributed by atoms with Crippen LogP contribution in [-0.4, -0.2) is 69.6 Å². The van der Waals surface area contributed by atoms with Crippen LogP contribution in [0.15, 0.2) is 36.8 Å². The molecule has 0 saturated heterocycles. The molecule has 4 aromatic heterocycles. The highest BCUT2D eigenvalue weighted by molar-refractivity contribution is 7.15. The Hall–Kier alpha value is -3.42. The fourth-order valence-corrected chi connectivity index (χ4v) is 4.65. The lowest BCUT2D eigenvalue weighted by molar-refractivity contribution is 0.153. The van der Waals surface area contributed by atoms with Crippen molar-refractivity contribution in [3.05, 3.63) is 41.8 Å². The number of hydrogen-bond acceptors (Lipinski definition) is 10. The molecule has 4 heterocycles. The van der Waals surface area contributed by atoms with Gasteiger partial charge < -0.3 is 14.7 Å². The molecule has 1 N–H and O–H groups in total. The highest BCUT2D eigenvalue weighted by atomic mass is 32.1. The predicted octanol–water partition coefficient (Wildman–Crippen LogP) is 4.73. The summed E-state index contributed by atoms with van der Waals surface area (Å²) >= 11 is 1.48. The van der Waals surface area contributed by atoms with Crippen molar-refractivity contribution < 1.29 is 14.6 Å². The van der Waals surface area contributed by atoms with Gasteiger partial charge in [-0.1, -0.05) is 31.0 Å². The summed E-state index contributed by atoms with van der Waals surface area (Å²) in [5, 5.41) is 23.0. The molecule has 0 amide bonds. The molecule has 0 unspecified atom stereocenters. The zero-order chi connectivity index (χ0) is 25.2. The molecule has 0 radical (unpaired) electrons. The fourth-order valence-electron chi connectivity index (χ4n) is 3.21. The second-order valence-corrected chi connectivity index (χ2v) is 16.0. The minimum absolute atomic E-state index is 0.318. The van der Waals surface area contributed by atoms with E-state index in [0.717, 1.165) is 26.9 Å². The molecule has 184 valence electrons. The van der Waals surface area contributed by atoms with Crippen LogP contribution in [0.5, 0.6) is 0 Å². The summed E-state index contributed by atoms with van der Waals surface area (Å²) in [4.78, 5) is 24.3. The third-order valence-corrected chi connectivity index (χ3v) is 7.85. The Morgan fingerprint density at radius 1 is 1.17 bits per heavy atom. The maximum atomic E-state index is 11.1. The van der Waals surface area contributed by atoms with E-state index in [0.29, 0.717) is 35.5 Å². The average Bonchev–Trinajstić information content (AvgIpc) is 3.47. The van der Waals surface area contributed by atoms with Crippen LogP contribution in [0.4, 0.5) is 27.1 Å². The predicted molar refractivity (Wildman–Crippen MR) is 139 cm³/mol. The minimum atomic E-state index is -1.21. The summed E-state index contributed by atoms with van der Waals surface area (Å²) in [6, 6.07) is 6.78. The topological polar surface area (TPSA) is 122 Å². The van der Waals surface area contributed by atoms with Crippen molar-refractivity contribution >= 4 is 58.9 Å². The van der Waals surface area contributed by atoms with E-state index in [4.69, 9.17) is 14.8 Å². The van der Waals surface area contributed by atoms with E-state index in [1.165, 1.54) is 23.7 Å². The molecule has 0 atom stereocenters. The molecule has 13 heteroatoms. The Bertz CT molecular complexity index is 1340. The number of nitrogens with zero attached hydrogens (tertiary/aromatic N) is 8. The quantitative estimate of drug-likeness (QED) is 0.191. The molecule has 0 saturated carbocycles. The van der Waals surface area contributed by atoms with Crippen molar-refractivity contribution in [2.24, 2.45) is 0 Å². The van der Waals surface area contributed by atoms with Crippen LogP contribution in [0.25, 0.3) is 11.0 Å². The lowest BCUT2D eigenvalue weighted by Gasteiger charge is -2.22. The number of aryl methyl sites for hydroxylation is 1. The summed E-state index contributed by atoms with van der Waals surface area (Å²) < 4.78 is 6.88. The zero-order valence-corrected chi connectivity index (χ0v) is 22.2. The highest BCUT2D eigenvalue weighted by Gasteiger charge is 2.18. The van der Waals surface area contributed by atoms with Gasteiger partial charge >= 0.3 is 6.09 Å². The second-order valence-electron chi connectivity index (χ2n) is 9.27. The molecule has 35 heavy (non-hydrogen) atoms. The van der Waals surface area contributed by atoms with Crippen LogP contribution in [0.2, 0.25) is 25.7 Å². The fraction of sp³-hybridized carbons (Fsp3) is 0.364. The van der Waals surface area contributed by atoms with Crippen LogP contribution in [-0.2, 0) is 4.74 Å². The van der Waals surface area contributed by atoms with Crippen LogP contribution in [0, 0.1) is 6.92 Å². The minimum Gasteiger partial charge on any atom is -0.463 e. The molecule has 0 aliphatic rings. The number of anilines is 4. The van der Waals surface area contributed by atoms with E-state index >= 15 is 0 Å². The van der Waals surface area contributed by atoms with Crippen molar-refractivity contribution in [2.45, 2.75) is 32.6 Å². The van der Waals surface area contributed by atoms with Gasteiger partial charge in [-0.2, -0.15) is 9.78 Å². The third-order valence-electron chi connectivity index (χ3n) is 5.29. The van der Waals surface area contributed by atoms with Crippen molar-refractivity contribution in [1.82, 2.24) is 29.9 Å². The summed E-state index contributed by atoms with van der Waals surface area (Å²) in [5.41, 5.74) is 2.79. The number of fused-ring (bicyclic) bond motifs is 1. The monoisotopic (exact) mass is 512 g/mol. The standard InChI is InChI=1S/C22H28N8O3SSi/c1-15-26-27-21(34-15)29(14-33-8-9-35(3,4)5)20-7-6-18-19(25-20)10-16(11-23-18)28(2)17-12-24-30(13-17)22(31)32/h6-7,10-13H,8-9,14H2,1-5H3,(H,31,32). The van der Waals surface area contributed by atoms with Crippen molar-refractivity contribution in [1.29, 1.82) is 0 Å². The molecule has 4 aromatic rings. The van der Waals surface area contributed by atoms with Gasteiger partial charge in [0, 0.05) is 21.7 Å². The second kappa shape index (κ2) is 10.1. The molecular weight excluding hydrogens is 484 g/mol. The van der Waals surface area contributed by atoms with Gasteiger partial charge in [-0.05, 0) is 31.2 Å². The SMILES string of the molecule is Cc1nnc(N(COCC[Si](C)(C)C)c2ccc3ncc(N(C)c4cnn(C(=O)O)c4)cc3n2)s1. The largest absolute Gasteiger partial charge is 0.463 e. The Morgan fingerprint density at radius 3 is 2.63 bits per heavy atom. The van der Waals surface area contributed by atoms with E-state index in [1.54, 1.807) is 11.1 Å². The lowest BCUT2D eigenvalue weighted by Crippen LogP contribution is -2.26. The third kappa shape index (κ3) is 5.99. The van der Waals surface area contributed by atoms with E-state index in [-0.39, 0.29) is 0 Å². The number of hydrogen-bond donors (Lipinski definition) is 1. The smallest absolute Gasteiger partial charge is 0.432 e.